The minimum atomic E-state index is -1.03. The summed E-state index contributed by atoms with van der Waals surface area (Å²) in [5.74, 6) is -3.38. The van der Waals surface area contributed by atoms with Gasteiger partial charge in [-0.1, -0.05) is 12.1 Å². The molecule has 2 fully saturated rings. The molecule has 2 aromatic rings. The second kappa shape index (κ2) is 9.68. The van der Waals surface area contributed by atoms with Gasteiger partial charge in [-0.25, -0.2) is 8.78 Å². The van der Waals surface area contributed by atoms with Gasteiger partial charge < -0.3 is 19.5 Å². The van der Waals surface area contributed by atoms with Crippen LogP contribution in [0, 0.1) is 11.6 Å². The molecule has 0 radical (unpaired) electrons. The fraction of sp³-hybridized carbons (Fsp3) is 0.333. The van der Waals surface area contributed by atoms with Crippen LogP contribution in [0.5, 0.6) is 5.75 Å². The van der Waals surface area contributed by atoms with E-state index in [-0.39, 0.29) is 23.4 Å². The number of benzene rings is 2. The number of likely N-dealkylation sites (tertiary alicyclic amines) is 1. The molecule has 2 aliphatic rings. The van der Waals surface area contributed by atoms with Gasteiger partial charge in [0, 0.05) is 26.2 Å². The summed E-state index contributed by atoms with van der Waals surface area (Å²) < 4.78 is 38.6. The third kappa shape index (κ3) is 4.60. The van der Waals surface area contributed by atoms with E-state index in [1.807, 2.05) is 0 Å². The summed E-state index contributed by atoms with van der Waals surface area (Å²) in [6, 6.07) is 7.98. The number of aliphatic hydroxyl groups excluding tert-OH is 1. The molecular formula is C24H24F2N2O5. The van der Waals surface area contributed by atoms with Crippen LogP contribution >= 0.6 is 0 Å². The van der Waals surface area contributed by atoms with Gasteiger partial charge in [-0.05, 0) is 35.9 Å². The Balaban J connectivity index is 1.79. The van der Waals surface area contributed by atoms with E-state index in [0.29, 0.717) is 38.4 Å². The van der Waals surface area contributed by atoms with Gasteiger partial charge in [0.05, 0.1) is 37.5 Å². The molecule has 2 heterocycles. The minimum Gasteiger partial charge on any atom is -0.507 e. The molecule has 2 aromatic carbocycles. The van der Waals surface area contributed by atoms with Crippen LogP contribution in [0.3, 0.4) is 0 Å². The number of ketones is 1. The Morgan fingerprint density at radius 3 is 2.52 bits per heavy atom. The molecule has 1 unspecified atom stereocenters. The summed E-state index contributed by atoms with van der Waals surface area (Å²) in [7, 11) is 1.34. The molecule has 2 saturated heterocycles. The van der Waals surface area contributed by atoms with Crippen molar-refractivity contribution in [3.63, 3.8) is 0 Å². The molecule has 1 N–H and O–H groups in total. The maximum atomic E-state index is 14.1. The molecule has 4 rings (SSSR count). The molecule has 0 bridgehead atoms. The lowest BCUT2D eigenvalue weighted by Crippen LogP contribution is -2.42. The quantitative estimate of drug-likeness (QED) is 0.408. The van der Waals surface area contributed by atoms with Gasteiger partial charge in [0.1, 0.15) is 23.1 Å². The Bertz CT molecular complexity index is 1100. The number of ether oxygens (including phenoxy) is 2. The van der Waals surface area contributed by atoms with Crippen LogP contribution in [0.4, 0.5) is 8.78 Å². The van der Waals surface area contributed by atoms with Gasteiger partial charge in [0.2, 0.25) is 0 Å². The molecule has 9 heteroatoms. The number of nitrogens with zero attached hydrogens (tertiary/aromatic N) is 2. The van der Waals surface area contributed by atoms with E-state index in [1.165, 1.54) is 36.3 Å². The Hall–Kier alpha value is -3.30. The minimum absolute atomic E-state index is 0.0647. The lowest BCUT2D eigenvalue weighted by Gasteiger charge is -2.31. The van der Waals surface area contributed by atoms with Crippen molar-refractivity contribution in [2.75, 3.05) is 46.5 Å². The zero-order valence-corrected chi connectivity index (χ0v) is 18.1. The molecule has 0 saturated carbocycles. The van der Waals surface area contributed by atoms with Crippen LogP contribution in [-0.4, -0.2) is 73.1 Å². The average molecular weight is 458 g/mol. The van der Waals surface area contributed by atoms with Crippen LogP contribution in [0.25, 0.3) is 5.76 Å². The van der Waals surface area contributed by atoms with E-state index in [0.717, 1.165) is 12.1 Å². The Kier molecular flexibility index (Phi) is 6.71. The fourth-order valence-electron chi connectivity index (χ4n) is 4.22. The van der Waals surface area contributed by atoms with Crippen molar-refractivity contribution in [3.05, 3.63) is 70.8 Å². The van der Waals surface area contributed by atoms with E-state index in [4.69, 9.17) is 9.47 Å². The summed E-state index contributed by atoms with van der Waals surface area (Å²) in [5.41, 5.74) is 0.0228. The number of carbonyl (C=O) groups excluding carboxylic acids is 2. The molecule has 1 atom stereocenters. The van der Waals surface area contributed by atoms with Gasteiger partial charge >= 0.3 is 0 Å². The topological polar surface area (TPSA) is 79.3 Å². The highest BCUT2D eigenvalue weighted by Crippen LogP contribution is 2.41. The molecule has 0 spiro atoms. The monoisotopic (exact) mass is 458 g/mol. The largest absolute Gasteiger partial charge is 0.507 e. The SMILES string of the molecule is COc1ccc(F)cc1C(O)=C1C(=O)C(=O)N(CCN2CCOCC2)C1c1cccc(F)c1. The summed E-state index contributed by atoms with van der Waals surface area (Å²) in [4.78, 5) is 29.5. The first-order chi connectivity index (χ1) is 15.9. The molecule has 174 valence electrons. The van der Waals surface area contributed by atoms with Crippen molar-refractivity contribution >= 4 is 17.4 Å². The first-order valence-electron chi connectivity index (χ1n) is 10.6. The highest BCUT2D eigenvalue weighted by molar-refractivity contribution is 6.46. The molecule has 33 heavy (non-hydrogen) atoms. The number of Topliss-reactive ketones (excluding diaryl/α,β-unsaturated/α-hetero) is 1. The van der Waals surface area contributed by atoms with Crippen molar-refractivity contribution in [1.29, 1.82) is 0 Å². The lowest BCUT2D eigenvalue weighted by molar-refractivity contribution is -0.140. The second-order valence-electron chi connectivity index (χ2n) is 7.85. The molecule has 7 nitrogen and oxygen atoms in total. The fourth-order valence-corrected chi connectivity index (χ4v) is 4.22. The predicted molar refractivity (Wildman–Crippen MR) is 116 cm³/mol. The normalized spacial score (nSPS) is 20.9. The highest BCUT2D eigenvalue weighted by atomic mass is 19.1. The number of hydrogen-bond donors (Lipinski definition) is 1. The van der Waals surface area contributed by atoms with Crippen molar-refractivity contribution in [3.8, 4) is 5.75 Å². The Labute approximate surface area is 189 Å². The first-order valence-corrected chi connectivity index (χ1v) is 10.6. The summed E-state index contributed by atoms with van der Waals surface area (Å²) in [5, 5.41) is 11.1. The van der Waals surface area contributed by atoms with Gasteiger partial charge in [0.25, 0.3) is 11.7 Å². The number of aliphatic hydroxyl groups is 1. The lowest BCUT2D eigenvalue weighted by atomic mass is 9.95. The van der Waals surface area contributed by atoms with Gasteiger partial charge in [-0.2, -0.15) is 0 Å². The first kappa shape index (κ1) is 22.9. The van der Waals surface area contributed by atoms with E-state index >= 15 is 0 Å². The number of halogens is 2. The molecule has 1 amide bonds. The molecular weight excluding hydrogens is 434 g/mol. The molecule has 2 aliphatic heterocycles. The van der Waals surface area contributed by atoms with Crippen molar-refractivity contribution in [2.24, 2.45) is 0 Å². The summed E-state index contributed by atoms with van der Waals surface area (Å²) in [6.07, 6.45) is 0. The Morgan fingerprint density at radius 1 is 1.09 bits per heavy atom. The maximum Gasteiger partial charge on any atom is 0.295 e. The zero-order valence-electron chi connectivity index (χ0n) is 18.1. The van der Waals surface area contributed by atoms with Crippen LogP contribution < -0.4 is 4.74 Å². The van der Waals surface area contributed by atoms with Gasteiger partial charge in [-0.3, -0.25) is 14.5 Å². The number of carbonyl (C=O) groups is 2. The number of morpholine rings is 1. The third-order valence-corrected chi connectivity index (χ3v) is 5.88. The van der Waals surface area contributed by atoms with Crippen LogP contribution in [-0.2, 0) is 14.3 Å². The average Bonchev–Trinajstić information content (AvgIpc) is 3.07. The van der Waals surface area contributed by atoms with Crippen LogP contribution in [0.2, 0.25) is 0 Å². The third-order valence-electron chi connectivity index (χ3n) is 5.88. The maximum absolute atomic E-state index is 14.1. The van der Waals surface area contributed by atoms with E-state index in [9.17, 15) is 23.5 Å². The van der Waals surface area contributed by atoms with Gasteiger partial charge in [0.15, 0.2) is 0 Å². The molecule has 0 aromatic heterocycles. The number of methoxy groups -OCH3 is 1. The van der Waals surface area contributed by atoms with Gasteiger partial charge in [-0.15, -0.1) is 0 Å². The predicted octanol–water partition coefficient (Wildman–Crippen LogP) is 2.73. The zero-order chi connectivity index (χ0) is 23.5. The number of amides is 1. The summed E-state index contributed by atoms with van der Waals surface area (Å²) >= 11 is 0. The summed E-state index contributed by atoms with van der Waals surface area (Å²) in [6.45, 7) is 3.19. The second-order valence-corrected chi connectivity index (χ2v) is 7.85. The van der Waals surface area contributed by atoms with Crippen LogP contribution in [0.15, 0.2) is 48.0 Å². The standard InChI is InChI=1S/C24H24F2N2O5/c1-32-19-6-5-17(26)14-18(19)22(29)20-21(15-3-2-4-16(25)13-15)28(24(31)23(20)30)8-7-27-9-11-33-12-10-27/h2-6,13-14,21,29H,7-12H2,1H3. The molecule has 0 aliphatic carbocycles. The highest BCUT2D eigenvalue weighted by Gasteiger charge is 2.46. The number of hydrogen-bond acceptors (Lipinski definition) is 6. The van der Waals surface area contributed by atoms with Crippen molar-refractivity contribution in [2.45, 2.75) is 6.04 Å². The van der Waals surface area contributed by atoms with E-state index in [2.05, 4.69) is 4.90 Å². The van der Waals surface area contributed by atoms with Crippen molar-refractivity contribution in [1.82, 2.24) is 9.80 Å². The van der Waals surface area contributed by atoms with Crippen LogP contribution in [0.1, 0.15) is 17.2 Å². The van der Waals surface area contributed by atoms with Crippen molar-refractivity contribution < 1.29 is 33.0 Å². The van der Waals surface area contributed by atoms with E-state index in [1.54, 1.807) is 6.07 Å². The Morgan fingerprint density at radius 2 is 1.82 bits per heavy atom. The number of rotatable bonds is 6. The van der Waals surface area contributed by atoms with E-state index < -0.39 is 35.1 Å². The smallest absolute Gasteiger partial charge is 0.295 e.